The van der Waals surface area contributed by atoms with Crippen LogP contribution < -0.4 is 9.80 Å². The number of likely N-dealkylation sites (N-methyl/N-ethyl adjacent to an activating group) is 1. The van der Waals surface area contributed by atoms with Crippen LogP contribution in [0, 0.1) is 0 Å². The number of anilines is 2. The summed E-state index contributed by atoms with van der Waals surface area (Å²) in [5, 5.41) is 9.87. The van der Waals surface area contributed by atoms with Crippen LogP contribution in [-0.4, -0.2) is 64.9 Å². The maximum atomic E-state index is 14.1. The zero-order valence-corrected chi connectivity index (χ0v) is 20.9. The zero-order chi connectivity index (χ0) is 27.0. The number of hydrogen-bond acceptors (Lipinski definition) is 4. The number of hydrogen-bond donors (Lipinski definition) is 1. The van der Waals surface area contributed by atoms with Crippen molar-refractivity contribution in [3.05, 3.63) is 83.6 Å². The standard InChI is InChI=1S/C28H29F3N4O3/c1-2-33-24-12-11-20(28(29,30)31)16-25(24)34(21-8-4-3-5-9-21)27(38)35(26(33)37)22-10-6-7-19(15-22)17-32-14-13-23(36)18-32/h3-11,15-16,23-24,36H,2,12-14,17-18H2,1H3. The summed E-state index contributed by atoms with van der Waals surface area (Å²) in [7, 11) is 0. The molecule has 200 valence electrons. The Morgan fingerprint density at radius 1 is 0.974 bits per heavy atom. The first-order chi connectivity index (χ1) is 18.2. The highest BCUT2D eigenvalue weighted by Gasteiger charge is 2.46. The molecule has 0 aromatic heterocycles. The molecule has 2 aromatic carbocycles. The van der Waals surface area contributed by atoms with E-state index in [9.17, 15) is 27.9 Å². The number of para-hydroxylation sites is 1. The second-order valence-corrected chi connectivity index (χ2v) is 9.68. The molecule has 0 radical (unpaired) electrons. The molecular formula is C28H29F3N4O3. The Bertz CT molecular complexity index is 1280. The van der Waals surface area contributed by atoms with E-state index in [-0.39, 0.29) is 24.8 Å². The second-order valence-electron chi connectivity index (χ2n) is 9.68. The molecule has 2 fully saturated rings. The summed E-state index contributed by atoms with van der Waals surface area (Å²) >= 11 is 0. The lowest BCUT2D eigenvalue weighted by Crippen LogP contribution is -2.48. The number of carbonyl (C=O) groups is 2. The minimum absolute atomic E-state index is 0.0674. The van der Waals surface area contributed by atoms with Gasteiger partial charge in [0.2, 0.25) is 0 Å². The number of aliphatic hydroxyl groups is 1. The van der Waals surface area contributed by atoms with Crippen LogP contribution >= 0.6 is 0 Å². The number of nitrogens with zero attached hydrogens (tertiary/aromatic N) is 4. The molecule has 2 saturated heterocycles. The summed E-state index contributed by atoms with van der Waals surface area (Å²) < 4.78 is 41.2. The van der Waals surface area contributed by atoms with Gasteiger partial charge in [-0.25, -0.2) is 14.5 Å². The van der Waals surface area contributed by atoms with Crippen molar-refractivity contribution in [2.75, 3.05) is 29.4 Å². The van der Waals surface area contributed by atoms with E-state index in [1.807, 2.05) is 6.07 Å². The predicted octanol–water partition coefficient (Wildman–Crippen LogP) is 5.29. The van der Waals surface area contributed by atoms with Crippen LogP contribution in [0.15, 0.2) is 78.0 Å². The third-order valence-corrected chi connectivity index (χ3v) is 7.16. The van der Waals surface area contributed by atoms with Crippen molar-refractivity contribution in [2.24, 2.45) is 0 Å². The van der Waals surface area contributed by atoms with E-state index < -0.39 is 29.9 Å². The number of halogens is 3. The number of likely N-dealkylation sites (tertiary alicyclic amines) is 1. The normalized spacial score (nSPS) is 22.8. The molecule has 1 N–H and O–H groups in total. The van der Waals surface area contributed by atoms with Gasteiger partial charge in [-0.05, 0) is 55.7 Å². The number of imide groups is 1. The SMILES string of the molecule is CCN1C(=O)N(c2cccc(CN3CCC(O)C3)c2)C(=O)N(c2ccccc2)C2=CC(C(F)(F)F)=CCC21. The monoisotopic (exact) mass is 526 g/mol. The summed E-state index contributed by atoms with van der Waals surface area (Å²) in [5.74, 6) is 0. The molecule has 2 unspecified atom stereocenters. The number of urea groups is 2. The number of allylic oxidation sites excluding steroid dienone is 2. The second kappa shape index (κ2) is 10.3. The fraction of sp³-hybridized carbons (Fsp3) is 0.357. The fourth-order valence-corrected chi connectivity index (χ4v) is 5.35. The number of aliphatic hydroxyl groups excluding tert-OH is 1. The number of fused-ring (bicyclic) bond motifs is 1. The topological polar surface area (TPSA) is 67.3 Å². The molecule has 1 aliphatic carbocycles. The van der Waals surface area contributed by atoms with E-state index in [1.54, 1.807) is 55.5 Å². The average molecular weight is 527 g/mol. The van der Waals surface area contributed by atoms with Gasteiger partial charge >= 0.3 is 18.2 Å². The first-order valence-corrected chi connectivity index (χ1v) is 12.7. The van der Waals surface area contributed by atoms with Gasteiger partial charge in [-0.3, -0.25) is 9.80 Å². The van der Waals surface area contributed by atoms with Crippen LogP contribution in [0.25, 0.3) is 0 Å². The van der Waals surface area contributed by atoms with Gasteiger partial charge in [-0.1, -0.05) is 36.4 Å². The summed E-state index contributed by atoms with van der Waals surface area (Å²) in [6.45, 7) is 3.76. The third-order valence-electron chi connectivity index (χ3n) is 7.16. The maximum Gasteiger partial charge on any atom is 0.416 e. The number of alkyl halides is 3. The van der Waals surface area contributed by atoms with Gasteiger partial charge in [-0.15, -0.1) is 0 Å². The molecular weight excluding hydrogens is 497 g/mol. The van der Waals surface area contributed by atoms with Crippen molar-refractivity contribution in [1.82, 2.24) is 9.80 Å². The van der Waals surface area contributed by atoms with Gasteiger partial charge in [0.1, 0.15) is 0 Å². The van der Waals surface area contributed by atoms with E-state index in [0.29, 0.717) is 30.9 Å². The largest absolute Gasteiger partial charge is 0.416 e. The van der Waals surface area contributed by atoms with Crippen molar-refractivity contribution in [3.63, 3.8) is 0 Å². The minimum Gasteiger partial charge on any atom is -0.392 e. The number of amides is 4. The zero-order valence-electron chi connectivity index (χ0n) is 20.9. The Hall–Kier alpha value is -3.63. The van der Waals surface area contributed by atoms with E-state index in [4.69, 9.17) is 0 Å². The molecule has 38 heavy (non-hydrogen) atoms. The van der Waals surface area contributed by atoms with Crippen molar-refractivity contribution in [1.29, 1.82) is 0 Å². The number of β-amino-alcohol motifs (C(OH)–C–C–N with tert-alkyl or cyclic N) is 1. The summed E-state index contributed by atoms with van der Waals surface area (Å²) in [4.78, 5) is 33.8. The molecule has 2 heterocycles. The quantitative estimate of drug-likeness (QED) is 0.575. The highest BCUT2D eigenvalue weighted by Crippen LogP contribution is 2.39. The summed E-state index contributed by atoms with van der Waals surface area (Å²) in [6.07, 6.45) is -2.29. The van der Waals surface area contributed by atoms with Crippen molar-refractivity contribution in [2.45, 2.75) is 44.6 Å². The molecule has 0 spiro atoms. The van der Waals surface area contributed by atoms with Crippen LogP contribution in [0.4, 0.5) is 34.1 Å². The van der Waals surface area contributed by atoms with Crippen LogP contribution in [0.5, 0.6) is 0 Å². The van der Waals surface area contributed by atoms with E-state index in [1.165, 1.54) is 9.80 Å². The van der Waals surface area contributed by atoms with Crippen molar-refractivity contribution in [3.8, 4) is 0 Å². The van der Waals surface area contributed by atoms with Gasteiger partial charge in [0, 0.05) is 26.2 Å². The van der Waals surface area contributed by atoms with Gasteiger partial charge in [0.25, 0.3) is 0 Å². The Kier molecular flexibility index (Phi) is 7.02. The van der Waals surface area contributed by atoms with Gasteiger partial charge in [0.15, 0.2) is 0 Å². The van der Waals surface area contributed by atoms with Crippen LogP contribution in [0.3, 0.4) is 0 Å². The molecule has 7 nitrogen and oxygen atoms in total. The maximum absolute atomic E-state index is 14.1. The Labute approximate surface area is 219 Å². The van der Waals surface area contributed by atoms with E-state index in [0.717, 1.165) is 29.2 Å². The molecule has 5 rings (SSSR count). The highest BCUT2D eigenvalue weighted by atomic mass is 19.4. The van der Waals surface area contributed by atoms with Crippen LogP contribution in [0.1, 0.15) is 25.3 Å². The number of carbonyl (C=O) groups excluding carboxylic acids is 2. The molecule has 0 saturated carbocycles. The lowest BCUT2D eigenvalue weighted by molar-refractivity contribution is -0.0888. The lowest BCUT2D eigenvalue weighted by Gasteiger charge is -2.34. The smallest absolute Gasteiger partial charge is 0.392 e. The Morgan fingerprint density at radius 2 is 1.71 bits per heavy atom. The third kappa shape index (κ3) is 4.93. The van der Waals surface area contributed by atoms with Gasteiger partial charge < -0.3 is 10.0 Å². The molecule has 3 aliphatic rings. The van der Waals surface area contributed by atoms with E-state index >= 15 is 0 Å². The molecule has 2 aromatic rings. The predicted molar refractivity (Wildman–Crippen MR) is 138 cm³/mol. The minimum atomic E-state index is -4.59. The average Bonchev–Trinajstić information content (AvgIpc) is 3.26. The fourth-order valence-electron chi connectivity index (χ4n) is 5.35. The molecule has 10 heteroatoms. The lowest BCUT2D eigenvalue weighted by atomic mass is 9.96. The molecule has 2 atom stereocenters. The van der Waals surface area contributed by atoms with Crippen molar-refractivity contribution >= 4 is 23.4 Å². The van der Waals surface area contributed by atoms with Crippen molar-refractivity contribution < 1.29 is 27.9 Å². The molecule has 2 aliphatic heterocycles. The summed E-state index contributed by atoms with van der Waals surface area (Å²) in [5.41, 5.74) is 0.823. The highest BCUT2D eigenvalue weighted by molar-refractivity contribution is 6.21. The van der Waals surface area contributed by atoms with E-state index in [2.05, 4.69) is 4.90 Å². The van der Waals surface area contributed by atoms with Crippen LogP contribution in [-0.2, 0) is 6.54 Å². The molecule has 0 bridgehead atoms. The van der Waals surface area contributed by atoms with Crippen LogP contribution in [0.2, 0.25) is 0 Å². The Balaban J connectivity index is 1.60. The first kappa shape index (κ1) is 26.0. The number of rotatable bonds is 5. The summed E-state index contributed by atoms with van der Waals surface area (Å²) in [6, 6.07) is 13.4. The number of benzene rings is 2. The molecule has 4 amide bonds. The van der Waals surface area contributed by atoms with Gasteiger partial charge in [0.05, 0.1) is 34.8 Å². The Morgan fingerprint density at radius 3 is 2.37 bits per heavy atom. The van der Waals surface area contributed by atoms with Gasteiger partial charge in [-0.2, -0.15) is 13.2 Å². The first-order valence-electron chi connectivity index (χ1n) is 12.7.